The molecule has 58 valence electrons. The normalized spacial score (nSPS) is 14.7. The van der Waals surface area contributed by atoms with E-state index in [4.69, 9.17) is 0 Å². The molecule has 0 atom stereocenters. The third kappa shape index (κ3) is 0.871. The summed E-state index contributed by atoms with van der Waals surface area (Å²) in [6.07, 6.45) is 1.27. The first-order valence-corrected chi connectivity index (χ1v) is 3.57. The molecule has 0 saturated heterocycles. The van der Waals surface area contributed by atoms with Crippen molar-refractivity contribution in [2.24, 2.45) is 4.99 Å². The first kappa shape index (κ1) is 6.91. The first-order chi connectivity index (χ1) is 5.79. The molecule has 0 unspecified atom stereocenters. The van der Waals surface area contributed by atoms with Crippen LogP contribution in [0.4, 0.5) is 11.4 Å². The summed E-state index contributed by atoms with van der Waals surface area (Å²) >= 11 is 0. The van der Waals surface area contributed by atoms with Crippen LogP contribution in [0.15, 0.2) is 29.3 Å². The molecule has 3 nitrogen and oxygen atoms in total. The second kappa shape index (κ2) is 2.37. The van der Waals surface area contributed by atoms with E-state index < -0.39 is 0 Å². The molecule has 3 heteroatoms. The summed E-state index contributed by atoms with van der Waals surface area (Å²) in [7, 11) is 0. The number of carbonyl (C=O) groups is 1. The van der Waals surface area contributed by atoms with E-state index in [0.717, 1.165) is 11.4 Å². The Bertz CT molecular complexity index is 393. The second-order valence-corrected chi connectivity index (χ2v) is 2.51. The van der Waals surface area contributed by atoms with Gasteiger partial charge >= 0.3 is 5.91 Å². The number of rotatable bonds is 0. The molecule has 0 saturated carbocycles. The fourth-order valence-electron chi connectivity index (χ4n) is 1.11. The first-order valence-electron chi connectivity index (χ1n) is 3.57. The lowest BCUT2D eigenvalue weighted by molar-refractivity contribution is -0.348. The van der Waals surface area contributed by atoms with E-state index in [2.05, 4.69) is 11.7 Å². The maximum atomic E-state index is 11.1. The van der Waals surface area contributed by atoms with Crippen molar-refractivity contribution in [2.45, 2.75) is 0 Å². The van der Waals surface area contributed by atoms with Crippen LogP contribution in [0.2, 0.25) is 0 Å². The van der Waals surface area contributed by atoms with Crippen molar-refractivity contribution in [1.82, 2.24) is 0 Å². The molecule has 12 heavy (non-hydrogen) atoms. The van der Waals surface area contributed by atoms with Gasteiger partial charge in [-0.3, -0.25) is 0 Å². The van der Waals surface area contributed by atoms with Gasteiger partial charge in [0, 0.05) is 6.07 Å². The standard InChI is InChI=1S/C9H7N2O/c1-11-8-5-3-2-4-7(8)10-6-9(11)12/h2-6H,1H2/q+1. The molecule has 1 amide bonds. The zero-order chi connectivity index (χ0) is 8.55. The van der Waals surface area contributed by atoms with Gasteiger partial charge in [-0.25, -0.2) is 9.79 Å². The number of hydrogen-bond donors (Lipinski definition) is 0. The zero-order valence-electron chi connectivity index (χ0n) is 6.40. The van der Waals surface area contributed by atoms with Gasteiger partial charge in [0.2, 0.25) is 5.69 Å². The summed E-state index contributed by atoms with van der Waals surface area (Å²) in [6.45, 7) is 3.61. The molecule has 1 aliphatic heterocycles. The van der Waals surface area contributed by atoms with Gasteiger partial charge in [-0.15, -0.1) is 4.58 Å². The maximum Gasteiger partial charge on any atom is 0.435 e. The Morgan fingerprint density at radius 2 is 2.08 bits per heavy atom. The summed E-state index contributed by atoms with van der Waals surface area (Å²) in [5.41, 5.74) is 1.54. The van der Waals surface area contributed by atoms with Crippen LogP contribution < -0.4 is 0 Å². The molecule has 0 radical (unpaired) electrons. The number of benzene rings is 1. The fraction of sp³-hybridized carbons (Fsp3) is 0. The van der Waals surface area contributed by atoms with Crippen LogP contribution >= 0.6 is 0 Å². The molecule has 0 aliphatic carbocycles. The lowest BCUT2D eigenvalue weighted by Crippen LogP contribution is -2.17. The van der Waals surface area contributed by atoms with E-state index >= 15 is 0 Å². The minimum absolute atomic E-state index is 0.186. The molecule has 1 aromatic carbocycles. The maximum absolute atomic E-state index is 11.1. The average molecular weight is 159 g/mol. The molecule has 0 spiro atoms. The summed E-state index contributed by atoms with van der Waals surface area (Å²) in [5, 5.41) is 0. The lowest BCUT2D eigenvalue weighted by atomic mass is 10.2. The van der Waals surface area contributed by atoms with Crippen LogP contribution in [0, 0.1) is 0 Å². The summed E-state index contributed by atoms with van der Waals surface area (Å²) in [4.78, 5) is 15.0. The molecule has 0 N–H and O–H groups in total. The van der Waals surface area contributed by atoms with Crippen LogP contribution in [0.25, 0.3) is 0 Å². The van der Waals surface area contributed by atoms with Gasteiger partial charge in [-0.05, 0) is 6.07 Å². The Kier molecular flexibility index (Phi) is 1.37. The van der Waals surface area contributed by atoms with E-state index in [0.29, 0.717) is 0 Å². The Morgan fingerprint density at radius 3 is 2.92 bits per heavy atom. The third-order valence-corrected chi connectivity index (χ3v) is 1.75. The molecule has 1 aromatic rings. The van der Waals surface area contributed by atoms with Crippen molar-refractivity contribution in [2.75, 3.05) is 0 Å². The van der Waals surface area contributed by atoms with Gasteiger partial charge in [-0.2, -0.15) is 0 Å². The topological polar surface area (TPSA) is 32.4 Å². The van der Waals surface area contributed by atoms with Crippen LogP contribution in [0.1, 0.15) is 0 Å². The van der Waals surface area contributed by atoms with E-state index in [1.807, 2.05) is 24.3 Å². The Hall–Kier alpha value is -1.77. The molecule has 1 aliphatic rings. The van der Waals surface area contributed by atoms with Crippen LogP contribution in [0.5, 0.6) is 0 Å². The highest BCUT2D eigenvalue weighted by Gasteiger charge is 2.23. The zero-order valence-corrected chi connectivity index (χ0v) is 6.40. The van der Waals surface area contributed by atoms with Gasteiger partial charge in [0.25, 0.3) is 0 Å². The monoisotopic (exact) mass is 159 g/mol. The van der Waals surface area contributed by atoms with Crippen LogP contribution in [-0.2, 0) is 4.79 Å². The smallest absolute Gasteiger partial charge is 0.239 e. The molecular weight excluding hydrogens is 152 g/mol. The summed E-state index contributed by atoms with van der Waals surface area (Å²) in [6, 6.07) is 7.39. The highest BCUT2D eigenvalue weighted by Crippen LogP contribution is 2.28. The SMILES string of the molecule is C=[N+]1C(=O)C=Nc2ccccc21. The molecule has 0 bridgehead atoms. The number of aliphatic imine (C=N–C) groups is 1. The van der Waals surface area contributed by atoms with Crippen molar-refractivity contribution in [1.29, 1.82) is 0 Å². The largest absolute Gasteiger partial charge is 0.435 e. The molecule has 1 heterocycles. The highest BCUT2D eigenvalue weighted by molar-refractivity contribution is 6.24. The van der Waals surface area contributed by atoms with Crippen molar-refractivity contribution in [3.8, 4) is 0 Å². The van der Waals surface area contributed by atoms with Crippen LogP contribution in [0.3, 0.4) is 0 Å². The van der Waals surface area contributed by atoms with Gasteiger partial charge < -0.3 is 0 Å². The summed E-state index contributed by atoms with van der Waals surface area (Å²) < 4.78 is 1.34. The number of hydrogen-bond acceptors (Lipinski definition) is 2. The minimum Gasteiger partial charge on any atom is -0.239 e. The Labute approximate surface area is 69.7 Å². The Morgan fingerprint density at radius 1 is 1.33 bits per heavy atom. The second-order valence-electron chi connectivity index (χ2n) is 2.51. The number of para-hydroxylation sites is 2. The number of amides is 1. The van der Waals surface area contributed by atoms with Gasteiger partial charge in [0.1, 0.15) is 18.6 Å². The van der Waals surface area contributed by atoms with Gasteiger partial charge in [0.15, 0.2) is 0 Å². The molecular formula is C9H7N2O+. The molecule has 0 aromatic heterocycles. The molecule has 2 rings (SSSR count). The highest BCUT2D eigenvalue weighted by atomic mass is 16.2. The minimum atomic E-state index is -0.186. The van der Waals surface area contributed by atoms with E-state index in [9.17, 15) is 4.79 Å². The molecule has 0 fully saturated rings. The number of fused-ring (bicyclic) bond motifs is 1. The van der Waals surface area contributed by atoms with Gasteiger partial charge in [0.05, 0.1) is 0 Å². The van der Waals surface area contributed by atoms with Crippen molar-refractivity contribution < 1.29 is 9.37 Å². The predicted molar refractivity (Wildman–Crippen MR) is 46.6 cm³/mol. The third-order valence-electron chi connectivity index (χ3n) is 1.75. The van der Waals surface area contributed by atoms with E-state index in [-0.39, 0.29) is 5.91 Å². The average Bonchev–Trinajstić information content (AvgIpc) is 2.12. The van der Waals surface area contributed by atoms with Crippen LogP contribution in [-0.4, -0.2) is 23.4 Å². The lowest BCUT2D eigenvalue weighted by Gasteiger charge is -2.02. The van der Waals surface area contributed by atoms with Crippen molar-refractivity contribution >= 4 is 30.2 Å². The van der Waals surface area contributed by atoms with Crippen molar-refractivity contribution in [3.05, 3.63) is 24.3 Å². The van der Waals surface area contributed by atoms with E-state index in [1.165, 1.54) is 10.8 Å². The Balaban J connectivity index is 2.67. The number of nitrogens with zero attached hydrogens (tertiary/aromatic N) is 2. The predicted octanol–water partition coefficient (Wildman–Crippen LogP) is 1.27. The summed E-state index contributed by atoms with van der Waals surface area (Å²) in [5.74, 6) is -0.186. The fourth-order valence-corrected chi connectivity index (χ4v) is 1.11. The van der Waals surface area contributed by atoms with Crippen molar-refractivity contribution in [3.63, 3.8) is 0 Å². The number of carbonyl (C=O) groups excluding carboxylic acids is 1. The van der Waals surface area contributed by atoms with E-state index in [1.54, 1.807) is 0 Å². The quantitative estimate of drug-likeness (QED) is 0.525. The van der Waals surface area contributed by atoms with Gasteiger partial charge in [-0.1, -0.05) is 12.1 Å².